The summed E-state index contributed by atoms with van der Waals surface area (Å²) in [6.45, 7) is 9.15. The van der Waals surface area contributed by atoms with Crippen LogP contribution in [0, 0.1) is 0 Å². The van der Waals surface area contributed by atoms with Crippen LogP contribution in [0.3, 0.4) is 0 Å². The summed E-state index contributed by atoms with van der Waals surface area (Å²) in [5.74, 6) is 0.877. The van der Waals surface area contributed by atoms with Gasteiger partial charge in [-0.15, -0.1) is 0 Å². The summed E-state index contributed by atoms with van der Waals surface area (Å²) in [4.78, 5) is 2.21. The number of ether oxygens (including phenoxy) is 3. The SMILES string of the molecule is C=Cc1cc(OCCCOCCC)ccc1N(C)C1CCCCO1. The van der Waals surface area contributed by atoms with Gasteiger partial charge in [-0.2, -0.15) is 0 Å². The second-order valence-electron chi connectivity index (χ2n) is 6.17. The lowest BCUT2D eigenvalue weighted by Crippen LogP contribution is -2.36. The summed E-state index contributed by atoms with van der Waals surface area (Å²) >= 11 is 0. The lowest BCUT2D eigenvalue weighted by Gasteiger charge is -2.33. The summed E-state index contributed by atoms with van der Waals surface area (Å²) in [7, 11) is 2.09. The van der Waals surface area contributed by atoms with E-state index in [2.05, 4.69) is 37.6 Å². The molecule has 1 heterocycles. The third-order valence-corrected chi connectivity index (χ3v) is 4.24. The molecule has 1 fully saturated rings. The number of hydrogen-bond donors (Lipinski definition) is 0. The molecule has 1 atom stereocenters. The highest BCUT2D eigenvalue weighted by atomic mass is 16.5. The van der Waals surface area contributed by atoms with Crippen LogP contribution in [0.2, 0.25) is 0 Å². The predicted octanol–water partition coefficient (Wildman–Crippen LogP) is 4.49. The zero-order valence-electron chi connectivity index (χ0n) is 15.1. The molecule has 0 spiro atoms. The van der Waals surface area contributed by atoms with Crippen LogP contribution in [0.4, 0.5) is 5.69 Å². The van der Waals surface area contributed by atoms with Gasteiger partial charge in [0.2, 0.25) is 0 Å². The minimum atomic E-state index is 0.153. The fraction of sp³-hybridized carbons (Fsp3) is 0.600. The van der Waals surface area contributed by atoms with Crippen LogP contribution in [0.15, 0.2) is 24.8 Å². The molecule has 4 heteroatoms. The van der Waals surface area contributed by atoms with Crippen molar-refractivity contribution in [3.63, 3.8) is 0 Å². The van der Waals surface area contributed by atoms with Crippen molar-refractivity contribution in [2.24, 2.45) is 0 Å². The van der Waals surface area contributed by atoms with Gasteiger partial charge in [-0.3, -0.25) is 0 Å². The van der Waals surface area contributed by atoms with E-state index in [-0.39, 0.29) is 6.23 Å². The molecule has 1 aliphatic heterocycles. The van der Waals surface area contributed by atoms with E-state index in [0.717, 1.165) is 62.5 Å². The highest BCUT2D eigenvalue weighted by Gasteiger charge is 2.20. The zero-order chi connectivity index (χ0) is 17.2. The van der Waals surface area contributed by atoms with Gasteiger partial charge in [0.15, 0.2) is 0 Å². The first-order chi connectivity index (χ1) is 11.8. The second kappa shape index (κ2) is 10.4. The van der Waals surface area contributed by atoms with Crippen LogP contribution in [-0.4, -0.2) is 39.7 Å². The summed E-state index contributed by atoms with van der Waals surface area (Å²) in [6.07, 6.45) is 7.45. The van der Waals surface area contributed by atoms with Gasteiger partial charge in [0.1, 0.15) is 12.0 Å². The molecule has 134 valence electrons. The summed E-state index contributed by atoms with van der Waals surface area (Å²) in [5.41, 5.74) is 2.21. The number of rotatable bonds is 10. The Morgan fingerprint density at radius 2 is 2.17 bits per heavy atom. The van der Waals surface area contributed by atoms with E-state index in [4.69, 9.17) is 14.2 Å². The van der Waals surface area contributed by atoms with Gasteiger partial charge in [-0.1, -0.05) is 19.6 Å². The molecule has 0 amide bonds. The van der Waals surface area contributed by atoms with E-state index in [9.17, 15) is 0 Å². The van der Waals surface area contributed by atoms with Crippen LogP contribution in [0.1, 0.15) is 44.6 Å². The summed E-state index contributed by atoms with van der Waals surface area (Å²) < 4.78 is 17.2. The normalized spacial score (nSPS) is 17.5. The third kappa shape index (κ3) is 5.53. The van der Waals surface area contributed by atoms with Crippen LogP contribution in [-0.2, 0) is 9.47 Å². The van der Waals surface area contributed by atoms with Crippen molar-refractivity contribution in [1.82, 2.24) is 0 Å². The van der Waals surface area contributed by atoms with Crippen LogP contribution < -0.4 is 9.64 Å². The van der Waals surface area contributed by atoms with Crippen LogP contribution in [0.5, 0.6) is 5.75 Å². The van der Waals surface area contributed by atoms with Crippen molar-refractivity contribution in [1.29, 1.82) is 0 Å². The monoisotopic (exact) mass is 333 g/mol. The maximum absolute atomic E-state index is 5.88. The molecule has 1 unspecified atom stereocenters. The Morgan fingerprint density at radius 1 is 1.29 bits per heavy atom. The maximum Gasteiger partial charge on any atom is 0.129 e. The molecular formula is C20H31NO3. The molecule has 0 N–H and O–H groups in total. The van der Waals surface area contributed by atoms with Gasteiger partial charge in [0.25, 0.3) is 0 Å². The highest BCUT2D eigenvalue weighted by Crippen LogP contribution is 2.29. The van der Waals surface area contributed by atoms with Gasteiger partial charge in [-0.05, 0) is 43.9 Å². The Bertz CT molecular complexity index is 498. The first kappa shape index (κ1) is 18.8. The number of benzene rings is 1. The Kier molecular flexibility index (Phi) is 8.13. The summed E-state index contributed by atoms with van der Waals surface area (Å²) in [6, 6.07) is 6.17. The molecule has 2 rings (SSSR count). The Hall–Kier alpha value is -1.52. The molecule has 0 aromatic heterocycles. The smallest absolute Gasteiger partial charge is 0.129 e. The molecule has 1 aromatic carbocycles. The number of anilines is 1. The predicted molar refractivity (Wildman–Crippen MR) is 99.7 cm³/mol. The largest absolute Gasteiger partial charge is 0.493 e. The Morgan fingerprint density at radius 3 is 2.88 bits per heavy atom. The number of hydrogen-bond acceptors (Lipinski definition) is 4. The van der Waals surface area contributed by atoms with Gasteiger partial charge < -0.3 is 19.1 Å². The zero-order valence-corrected chi connectivity index (χ0v) is 15.1. The minimum absolute atomic E-state index is 0.153. The Balaban J connectivity index is 1.90. The minimum Gasteiger partial charge on any atom is -0.493 e. The fourth-order valence-corrected chi connectivity index (χ4v) is 2.89. The van der Waals surface area contributed by atoms with Crippen LogP contribution in [0.25, 0.3) is 6.08 Å². The van der Waals surface area contributed by atoms with Crippen molar-refractivity contribution in [2.45, 2.75) is 45.3 Å². The lowest BCUT2D eigenvalue weighted by molar-refractivity contribution is 0.0174. The summed E-state index contributed by atoms with van der Waals surface area (Å²) in [5, 5.41) is 0. The standard InChI is InChI=1S/C20H31NO3/c1-4-12-22-13-8-15-23-18-10-11-19(17(5-2)16-18)21(3)20-9-6-7-14-24-20/h5,10-11,16,20H,2,4,6-9,12-15H2,1,3H3. The van der Waals surface area contributed by atoms with Crippen molar-refractivity contribution in [3.05, 3.63) is 30.3 Å². The fourth-order valence-electron chi connectivity index (χ4n) is 2.89. The topological polar surface area (TPSA) is 30.9 Å². The molecule has 1 aliphatic rings. The molecule has 1 aromatic rings. The van der Waals surface area contributed by atoms with E-state index < -0.39 is 0 Å². The molecule has 4 nitrogen and oxygen atoms in total. The van der Waals surface area contributed by atoms with Crippen molar-refractivity contribution < 1.29 is 14.2 Å². The molecule has 0 bridgehead atoms. The average molecular weight is 333 g/mol. The third-order valence-electron chi connectivity index (χ3n) is 4.24. The molecule has 0 radical (unpaired) electrons. The quantitative estimate of drug-likeness (QED) is 0.590. The van der Waals surface area contributed by atoms with Gasteiger partial charge in [0.05, 0.1) is 6.61 Å². The van der Waals surface area contributed by atoms with E-state index >= 15 is 0 Å². The van der Waals surface area contributed by atoms with Crippen molar-refractivity contribution in [2.75, 3.05) is 38.4 Å². The van der Waals surface area contributed by atoms with E-state index in [1.807, 2.05) is 12.1 Å². The van der Waals surface area contributed by atoms with E-state index in [1.165, 1.54) is 6.42 Å². The lowest BCUT2D eigenvalue weighted by atomic mass is 10.1. The highest BCUT2D eigenvalue weighted by molar-refractivity contribution is 5.68. The number of nitrogens with zero attached hydrogens (tertiary/aromatic N) is 1. The van der Waals surface area contributed by atoms with E-state index in [0.29, 0.717) is 6.61 Å². The second-order valence-corrected chi connectivity index (χ2v) is 6.17. The van der Waals surface area contributed by atoms with Crippen molar-refractivity contribution in [3.8, 4) is 5.75 Å². The average Bonchev–Trinajstić information content (AvgIpc) is 2.64. The molecular weight excluding hydrogens is 302 g/mol. The van der Waals surface area contributed by atoms with E-state index in [1.54, 1.807) is 0 Å². The van der Waals surface area contributed by atoms with Crippen molar-refractivity contribution >= 4 is 11.8 Å². The van der Waals surface area contributed by atoms with Gasteiger partial charge in [0, 0.05) is 44.5 Å². The first-order valence-corrected chi connectivity index (χ1v) is 9.07. The molecule has 0 aliphatic carbocycles. The van der Waals surface area contributed by atoms with Gasteiger partial charge >= 0.3 is 0 Å². The Labute approximate surface area is 146 Å². The molecule has 24 heavy (non-hydrogen) atoms. The molecule has 1 saturated heterocycles. The molecule has 0 saturated carbocycles. The van der Waals surface area contributed by atoms with Crippen LogP contribution >= 0.6 is 0 Å². The van der Waals surface area contributed by atoms with Gasteiger partial charge in [-0.25, -0.2) is 0 Å². The first-order valence-electron chi connectivity index (χ1n) is 9.07. The maximum atomic E-state index is 5.88.